The summed E-state index contributed by atoms with van der Waals surface area (Å²) in [7, 11) is 0. The van der Waals surface area contributed by atoms with Crippen molar-refractivity contribution < 1.29 is 9.59 Å². The molecule has 5 heteroatoms. The summed E-state index contributed by atoms with van der Waals surface area (Å²) >= 11 is 0. The molecule has 116 valence electrons. The number of benzene rings is 2. The molecule has 0 saturated heterocycles. The zero-order valence-corrected chi connectivity index (χ0v) is 12.9. The van der Waals surface area contributed by atoms with Crippen LogP contribution in [-0.4, -0.2) is 16.8 Å². The summed E-state index contributed by atoms with van der Waals surface area (Å²) in [6, 6.07) is 14.8. The first kappa shape index (κ1) is 14.8. The number of aromatic amines is 1. The van der Waals surface area contributed by atoms with Crippen LogP contribution in [0.2, 0.25) is 0 Å². The van der Waals surface area contributed by atoms with Gasteiger partial charge in [-0.25, -0.2) is 0 Å². The number of aromatic nitrogens is 1. The van der Waals surface area contributed by atoms with Gasteiger partial charge in [0.1, 0.15) is 5.69 Å². The van der Waals surface area contributed by atoms with E-state index < -0.39 is 0 Å². The van der Waals surface area contributed by atoms with Crippen LogP contribution in [0, 0.1) is 6.92 Å². The highest BCUT2D eigenvalue weighted by Crippen LogP contribution is 2.21. The molecule has 3 aromatic rings. The van der Waals surface area contributed by atoms with Gasteiger partial charge in [-0.2, -0.15) is 0 Å². The lowest BCUT2D eigenvalue weighted by atomic mass is 10.1. The maximum atomic E-state index is 12.4. The average Bonchev–Trinajstić information content (AvgIpc) is 2.92. The molecular weight excluding hydrogens is 290 g/mol. The van der Waals surface area contributed by atoms with Crippen molar-refractivity contribution in [2.45, 2.75) is 13.8 Å². The molecule has 0 spiro atoms. The Morgan fingerprint density at radius 1 is 0.957 bits per heavy atom. The van der Waals surface area contributed by atoms with Gasteiger partial charge in [0.2, 0.25) is 5.91 Å². The Morgan fingerprint density at radius 3 is 2.35 bits per heavy atom. The van der Waals surface area contributed by atoms with Crippen molar-refractivity contribution >= 4 is 34.1 Å². The fourth-order valence-electron chi connectivity index (χ4n) is 2.51. The number of nitrogens with one attached hydrogen (secondary N) is 3. The fraction of sp³-hybridized carbons (Fsp3) is 0.111. The van der Waals surface area contributed by atoms with Crippen LogP contribution in [0.1, 0.15) is 23.0 Å². The molecule has 3 N–H and O–H groups in total. The number of hydrogen-bond donors (Lipinski definition) is 3. The van der Waals surface area contributed by atoms with Gasteiger partial charge in [-0.05, 0) is 42.8 Å². The highest BCUT2D eigenvalue weighted by Gasteiger charge is 2.11. The number of rotatable bonds is 3. The van der Waals surface area contributed by atoms with Gasteiger partial charge in [0.15, 0.2) is 0 Å². The van der Waals surface area contributed by atoms with Crippen LogP contribution >= 0.6 is 0 Å². The van der Waals surface area contributed by atoms with E-state index in [0.29, 0.717) is 17.1 Å². The topological polar surface area (TPSA) is 74.0 Å². The van der Waals surface area contributed by atoms with E-state index >= 15 is 0 Å². The second kappa shape index (κ2) is 5.96. The normalized spacial score (nSPS) is 10.5. The molecular formula is C18H17N3O2. The Hall–Kier alpha value is -3.08. The first-order valence-corrected chi connectivity index (χ1v) is 7.30. The average molecular weight is 307 g/mol. The minimum absolute atomic E-state index is 0.153. The van der Waals surface area contributed by atoms with Crippen molar-refractivity contribution in [1.29, 1.82) is 0 Å². The van der Waals surface area contributed by atoms with E-state index in [0.717, 1.165) is 16.5 Å². The molecule has 5 nitrogen and oxygen atoms in total. The van der Waals surface area contributed by atoms with Crippen molar-refractivity contribution in [3.05, 3.63) is 59.8 Å². The highest BCUT2D eigenvalue weighted by atomic mass is 16.2. The molecule has 0 radical (unpaired) electrons. The standard InChI is InChI=1S/C18H17N3O2/c1-11-5-3-8-16-15(11)10-17(21-16)18(23)20-14-7-4-6-13(9-14)19-12(2)22/h3-10,21H,1-2H3,(H,19,22)(H,20,23). The molecule has 1 aromatic heterocycles. The van der Waals surface area contributed by atoms with E-state index in [-0.39, 0.29) is 11.8 Å². The van der Waals surface area contributed by atoms with Gasteiger partial charge in [-0.3, -0.25) is 9.59 Å². The Balaban J connectivity index is 1.83. The Bertz CT molecular complexity index is 896. The molecule has 1 heterocycles. The summed E-state index contributed by atoms with van der Waals surface area (Å²) in [6.07, 6.45) is 0. The smallest absolute Gasteiger partial charge is 0.272 e. The summed E-state index contributed by atoms with van der Waals surface area (Å²) in [5, 5.41) is 6.55. The number of carbonyl (C=O) groups excluding carboxylic acids is 2. The summed E-state index contributed by atoms with van der Waals surface area (Å²) in [4.78, 5) is 26.6. The zero-order valence-electron chi connectivity index (χ0n) is 12.9. The molecule has 0 aliphatic rings. The van der Waals surface area contributed by atoms with Crippen LogP contribution in [-0.2, 0) is 4.79 Å². The van der Waals surface area contributed by atoms with Gasteiger partial charge in [-0.15, -0.1) is 0 Å². The second-order valence-corrected chi connectivity index (χ2v) is 5.44. The minimum Gasteiger partial charge on any atom is -0.351 e. The zero-order chi connectivity index (χ0) is 16.4. The van der Waals surface area contributed by atoms with Crippen molar-refractivity contribution in [2.24, 2.45) is 0 Å². The van der Waals surface area contributed by atoms with Gasteiger partial charge >= 0.3 is 0 Å². The molecule has 0 saturated carbocycles. The molecule has 2 amide bonds. The fourth-order valence-corrected chi connectivity index (χ4v) is 2.51. The molecule has 0 aliphatic heterocycles. The van der Waals surface area contributed by atoms with Crippen molar-refractivity contribution in [2.75, 3.05) is 10.6 Å². The van der Waals surface area contributed by atoms with Gasteiger partial charge in [0.25, 0.3) is 5.91 Å². The molecule has 3 rings (SSSR count). The second-order valence-electron chi connectivity index (χ2n) is 5.44. The predicted molar refractivity (Wildman–Crippen MR) is 91.7 cm³/mol. The molecule has 0 unspecified atom stereocenters. The van der Waals surface area contributed by atoms with Crippen LogP contribution in [0.5, 0.6) is 0 Å². The van der Waals surface area contributed by atoms with Crippen molar-refractivity contribution in [1.82, 2.24) is 4.98 Å². The van der Waals surface area contributed by atoms with Gasteiger partial charge in [-0.1, -0.05) is 18.2 Å². The molecule has 0 aliphatic carbocycles. The first-order chi connectivity index (χ1) is 11.0. The summed E-state index contributed by atoms with van der Waals surface area (Å²) < 4.78 is 0. The predicted octanol–water partition coefficient (Wildman–Crippen LogP) is 3.69. The number of fused-ring (bicyclic) bond motifs is 1. The lowest BCUT2D eigenvalue weighted by molar-refractivity contribution is -0.114. The molecule has 23 heavy (non-hydrogen) atoms. The molecule has 0 atom stereocenters. The van der Waals surface area contributed by atoms with E-state index in [1.807, 2.05) is 31.2 Å². The summed E-state index contributed by atoms with van der Waals surface area (Å²) in [5.41, 5.74) is 3.81. The van der Waals surface area contributed by atoms with Gasteiger partial charge in [0, 0.05) is 29.2 Å². The number of anilines is 2. The minimum atomic E-state index is -0.222. The van der Waals surface area contributed by atoms with Gasteiger partial charge < -0.3 is 15.6 Å². The van der Waals surface area contributed by atoms with Crippen LogP contribution in [0.3, 0.4) is 0 Å². The quantitative estimate of drug-likeness (QED) is 0.690. The number of H-pyrrole nitrogens is 1. The summed E-state index contributed by atoms with van der Waals surface area (Å²) in [5.74, 6) is -0.375. The number of carbonyl (C=O) groups is 2. The van der Waals surface area contributed by atoms with Gasteiger partial charge in [0.05, 0.1) is 0 Å². The lowest BCUT2D eigenvalue weighted by Crippen LogP contribution is -2.12. The Labute approximate surface area is 133 Å². The number of aryl methyl sites for hydroxylation is 1. The van der Waals surface area contributed by atoms with Crippen molar-refractivity contribution in [3.63, 3.8) is 0 Å². The molecule has 0 bridgehead atoms. The van der Waals surface area contributed by atoms with Crippen LogP contribution < -0.4 is 10.6 Å². The monoisotopic (exact) mass is 307 g/mol. The largest absolute Gasteiger partial charge is 0.351 e. The highest BCUT2D eigenvalue weighted by molar-refractivity contribution is 6.06. The van der Waals surface area contributed by atoms with Crippen LogP contribution in [0.15, 0.2) is 48.5 Å². The summed E-state index contributed by atoms with van der Waals surface area (Å²) in [6.45, 7) is 3.45. The van der Waals surface area contributed by atoms with E-state index in [2.05, 4.69) is 15.6 Å². The SMILES string of the molecule is CC(=O)Nc1cccc(NC(=O)c2cc3c(C)cccc3[nH]2)c1. The Morgan fingerprint density at radius 2 is 1.65 bits per heavy atom. The molecule has 2 aromatic carbocycles. The van der Waals surface area contributed by atoms with E-state index in [1.54, 1.807) is 24.3 Å². The number of amides is 2. The van der Waals surface area contributed by atoms with Crippen molar-refractivity contribution in [3.8, 4) is 0 Å². The van der Waals surface area contributed by atoms with E-state index in [4.69, 9.17) is 0 Å². The maximum absolute atomic E-state index is 12.4. The third-order valence-corrected chi connectivity index (χ3v) is 3.57. The number of hydrogen-bond acceptors (Lipinski definition) is 2. The van der Waals surface area contributed by atoms with E-state index in [1.165, 1.54) is 6.92 Å². The lowest BCUT2D eigenvalue weighted by Gasteiger charge is -2.07. The maximum Gasteiger partial charge on any atom is 0.272 e. The third-order valence-electron chi connectivity index (χ3n) is 3.57. The third kappa shape index (κ3) is 3.23. The van der Waals surface area contributed by atoms with Crippen LogP contribution in [0.25, 0.3) is 10.9 Å². The first-order valence-electron chi connectivity index (χ1n) is 7.30. The molecule has 0 fully saturated rings. The van der Waals surface area contributed by atoms with Crippen LogP contribution in [0.4, 0.5) is 11.4 Å². The van der Waals surface area contributed by atoms with E-state index in [9.17, 15) is 9.59 Å². The Kier molecular flexibility index (Phi) is 3.85.